The van der Waals surface area contributed by atoms with Crippen molar-refractivity contribution in [3.63, 3.8) is 0 Å². The molecule has 0 saturated carbocycles. The molecule has 0 fully saturated rings. The van der Waals surface area contributed by atoms with Gasteiger partial charge in [0.15, 0.2) is 0 Å². The normalized spacial score (nSPS) is 11.5. The summed E-state index contributed by atoms with van der Waals surface area (Å²) in [6.07, 6.45) is 0.913. The lowest BCUT2D eigenvalue weighted by Gasteiger charge is -2.11. The van der Waals surface area contributed by atoms with Crippen LogP contribution in [0, 0.1) is 0 Å². The first-order chi connectivity index (χ1) is 10.8. The minimum Gasteiger partial charge on any atom is -0.423 e. The maximum Gasteiger partial charge on any atom is 0.343 e. The van der Waals surface area contributed by atoms with Crippen molar-refractivity contribution in [3.05, 3.63) is 59.7 Å². The Bertz CT molecular complexity index is 778. The molecule has 0 amide bonds. The van der Waals surface area contributed by atoms with Crippen molar-refractivity contribution in [1.82, 2.24) is 4.31 Å². The summed E-state index contributed by atoms with van der Waals surface area (Å²) in [6.45, 7) is 2.05. The highest BCUT2D eigenvalue weighted by Gasteiger charge is 2.18. The first-order valence-corrected chi connectivity index (χ1v) is 8.62. The average molecular weight is 333 g/mol. The van der Waals surface area contributed by atoms with Crippen molar-refractivity contribution in [3.8, 4) is 5.75 Å². The second-order valence-corrected chi connectivity index (χ2v) is 7.35. The Balaban J connectivity index is 2.14. The molecule has 5 nitrogen and oxygen atoms in total. The molecule has 0 saturated heterocycles. The highest BCUT2D eigenvalue weighted by Crippen LogP contribution is 2.17. The monoisotopic (exact) mass is 333 g/mol. The average Bonchev–Trinajstić information content (AvgIpc) is 2.55. The van der Waals surface area contributed by atoms with Crippen LogP contribution in [0.15, 0.2) is 53.4 Å². The lowest BCUT2D eigenvalue weighted by atomic mass is 10.2. The number of carbonyl (C=O) groups excluding carboxylic acids is 1. The summed E-state index contributed by atoms with van der Waals surface area (Å²) in [4.78, 5) is 12.2. The second kappa shape index (κ2) is 6.93. The van der Waals surface area contributed by atoms with E-state index in [0.29, 0.717) is 11.3 Å². The van der Waals surface area contributed by atoms with Gasteiger partial charge >= 0.3 is 5.97 Å². The molecule has 2 aromatic carbocycles. The smallest absolute Gasteiger partial charge is 0.343 e. The molecule has 0 heterocycles. The predicted molar refractivity (Wildman–Crippen MR) is 88.1 cm³/mol. The van der Waals surface area contributed by atoms with Gasteiger partial charge in [-0.1, -0.05) is 19.1 Å². The van der Waals surface area contributed by atoms with Gasteiger partial charge in [0.25, 0.3) is 0 Å². The van der Waals surface area contributed by atoms with Gasteiger partial charge in [0.05, 0.1) is 10.5 Å². The number of esters is 1. The second-order valence-electron chi connectivity index (χ2n) is 5.20. The third-order valence-corrected chi connectivity index (χ3v) is 5.24. The molecule has 0 aromatic heterocycles. The number of hydrogen-bond donors (Lipinski definition) is 0. The van der Waals surface area contributed by atoms with Crippen molar-refractivity contribution in [2.24, 2.45) is 0 Å². The van der Waals surface area contributed by atoms with Gasteiger partial charge in [-0.25, -0.2) is 17.5 Å². The van der Waals surface area contributed by atoms with Crippen LogP contribution in [0.4, 0.5) is 0 Å². The Morgan fingerprint density at radius 3 is 2.04 bits per heavy atom. The van der Waals surface area contributed by atoms with Crippen molar-refractivity contribution >= 4 is 16.0 Å². The van der Waals surface area contributed by atoms with E-state index in [1.165, 1.54) is 38.4 Å². The number of sulfonamides is 1. The Morgan fingerprint density at radius 2 is 1.57 bits per heavy atom. The van der Waals surface area contributed by atoms with E-state index in [4.69, 9.17) is 4.74 Å². The van der Waals surface area contributed by atoms with Crippen LogP contribution in [0.3, 0.4) is 0 Å². The summed E-state index contributed by atoms with van der Waals surface area (Å²) in [5.41, 5.74) is 1.45. The first kappa shape index (κ1) is 17.2. The van der Waals surface area contributed by atoms with Crippen LogP contribution in [-0.4, -0.2) is 32.8 Å². The molecule has 0 bridgehead atoms. The van der Waals surface area contributed by atoms with Gasteiger partial charge in [-0.3, -0.25) is 0 Å². The SMILES string of the molecule is CCc1ccc(OC(=O)c2ccc(S(=O)(=O)N(C)C)cc2)cc1. The minimum absolute atomic E-state index is 0.131. The van der Waals surface area contributed by atoms with Crippen LogP contribution in [0.1, 0.15) is 22.8 Å². The largest absolute Gasteiger partial charge is 0.423 e. The fourth-order valence-corrected chi connectivity index (χ4v) is 2.83. The lowest BCUT2D eigenvalue weighted by molar-refractivity contribution is 0.0734. The van der Waals surface area contributed by atoms with Gasteiger partial charge in [0.2, 0.25) is 10.0 Å². The number of carbonyl (C=O) groups is 1. The Kier molecular flexibility index (Phi) is 5.18. The first-order valence-electron chi connectivity index (χ1n) is 7.18. The molecule has 2 aromatic rings. The van der Waals surface area contributed by atoms with Gasteiger partial charge < -0.3 is 4.74 Å². The lowest BCUT2D eigenvalue weighted by Crippen LogP contribution is -2.22. The van der Waals surface area contributed by atoms with Crippen molar-refractivity contribution in [2.45, 2.75) is 18.2 Å². The molecule has 6 heteroatoms. The molecule has 0 aliphatic rings. The highest BCUT2D eigenvalue weighted by atomic mass is 32.2. The number of benzene rings is 2. The van der Waals surface area contributed by atoms with Gasteiger partial charge in [0.1, 0.15) is 5.75 Å². The molecule has 0 radical (unpaired) electrons. The zero-order valence-electron chi connectivity index (χ0n) is 13.3. The number of hydrogen-bond acceptors (Lipinski definition) is 4. The summed E-state index contributed by atoms with van der Waals surface area (Å²) in [5, 5.41) is 0. The fraction of sp³-hybridized carbons (Fsp3) is 0.235. The fourth-order valence-electron chi connectivity index (χ4n) is 1.93. The Hall–Kier alpha value is -2.18. The Morgan fingerprint density at radius 1 is 1.00 bits per heavy atom. The molecule has 23 heavy (non-hydrogen) atoms. The van der Waals surface area contributed by atoms with Crippen LogP contribution in [0.5, 0.6) is 5.75 Å². The summed E-state index contributed by atoms with van der Waals surface area (Å²) in [7, 11) is -0.593. The molecule has 0 aliphatic heterocycles. The zero-order valence-corrected chi connectivity index (χ0v) is 14.1. The molecular weight excluding hydrogens is 314 g/mol. The van der Waals surface area contributed by atoms with Crippen LogP contribution in [0.2, 0.25) is 0 Å². The number of ether oxygens (including phenoxy) is 1. The number of nitrogens with zero attached hydrogens (tertiary/aromatic N) is 1. The van der Waals surface area contributed by atoms with E-state index < -0.39 is 16.0 Å². The standard InChI is InChI=1S/C17H19NO4S/c1-4-13-5-9-15(10-6-13)22-17(19)14-7-11-16(12-8-14)23(20,21)18(2)3/h5-12H,4H2,1-3H3. The van der Waals surface area contributed by atoms with Crippen molar-refractivity contribution < 1.29 is 17.9 Å². The van der Waals surface area contributed by atoms with E-state index in [1.54, 1.807) is 12.1 Å². The van der Waals surface area contributed by atoms with Crippen molar-refractivity contribution in [1.29, 1.82) is 0 Å². The van der Waals surface area contributed by atoms with Gasteiger partial charge in [-0.15, -0.1) is 0 Å². The summed E-state index contributed by atoms with van der Waals surface area (Å²) in [5.74, 6) is -0.0692. The maximum atomic E-state index is 12.1. The van der Waals surface area contributed by atoms with E-state index >= 15 is 0 Å². The maximum absolute atomic E-state index is 12.1. The van der Waals surface area contributed by atoms with Gasteiger partial charge in [0, 0.05) is 14.1 Å². The third-order valence-electron chi connectivity index (χ3n) is 3.41. The topological polar surface area (TPSA) is 63.7 Å². The van der Waals surface area contributed by atoms with Crippen molar-refractivity contribution in [2.75, 3.05) is 14.1 Å². The molecule has 0 spiro atoms. The summed E-state index contributed by atoms with van der Waals surface area (Å²) < 4.78 is 30.3. The van der Waals surface area contributed by atoms with Crippen LogP contribution in [0.25, 0.3) is 0 Å². The molecule has 0 atom stereocenters. The molecular formula is C17H19NO4S. The van der Waals surface area contributed by atoms with Crippen LogP contribution in [-0.2, 0) is 16.4 Å². The van der Waals surface area contributed by atoms with E-state index in [0.717, 1.165) is 16.3 Å². The summed E-state index contributed by atoms with van der Waals surface area (Å²) >= 11 is 0. The molecule has 0 N–H and O–H groups in total. The number of rotatable bonds is 5. The summed E-state index contributed by atoms with van der Waals surface area (Å²) in [6, 6.07) is 12.9. The quantitative estimate of drug-likeness (QED) is 0.623. The molecule has 0 aliphatic carbocycles. The predicted octanol–water partition coefficient (Wildman–Crippen LogP) is 2.72. The van der Waals surface area contributed by atoms with Crippen LogP contribution < -0.4 is 4.74 Å². The van der Waals surface area contributed by atoms with E-state index in [-0.39, 0.29) is 4.90 Å². The third kappa shape index (κ3) is 3.97. The van der Waals surface area contributed by atoms with E-state index in [9.17, 15) is 13.2 Å². The van der Waals surface area contributed by atoms with Crippen LogP contribution >= 0.6 is 0 Å². The highest BCUT2D eigenvalue weighted by molar-refractivity contribution is 7.89. The minimum atomic E-state index is -3.50. The molecule has 122 valence electrons. The van der Waals surface area contributed by atoms with E-state index in [1.807, 2.05) is 19.1 Å². The number of aryl methyl sites for hydroxylation is 1. The molecule has 0 unspecified atom stereocenters. The Labute approximate surface area is 136 Å². The van der Waals surface area contributed by atoms with E-state index in [2.05, 4.69) is 0 Å². The van der Waals surface area contributed by atoms with Gasteiger partial charge in [-0.2, -0.15) is 0 Å². The zero-order chi connectivity index (χ0) is 17.0. The molecule has 2 rings (SSSR count). The van der Waals surface area contributed by atoms with Gasteiger partial charge in [-0.05, 0) is 48.4 Å².